The quantitative estimate of drug-likeness (QED) is 0.737. The highest BCUT2D eigenvalue weighted by atomic mass is 32.2. The minimum Gasteiger partial charge on any atom is -0.383 e. The van der Waals surface area contributed by atoms with Crippen LogP contribution in [0.25, 0.3) is 0 Å². The number of rotatable bonds is 8. The summed E-state index contributed by atoms with van der Waals surface area (Å²) in [5.41, 5.74) is 0.880. The van der Waals surface area contributed by atoms with Crippen molar-refractivity contribution < 1.29 is 8.42 Å². The maximum atomic E-state index is 11.5. The van der Waals surface area contributed by atoms with Crippen LogP contribution in [-0.4, -0.2) is 20.7 Å². The van der Waals surface area contributed by atoms with E-state index in [1.54, 1.807) is 18.2 Å². The molecule has 0 amide bonds. The second kappa shape index (κ2) is 7.53. The molecule has 0 heterocycles. The Morgan fingerprint density at radius 1 is 1.21 bits per heavy atom. The van der Waals surface area contributed by atoms with Crippen LogP contribution in [0.1, 0.15) is 46.0 Å². The van der Waals surface area contributed by atoms with Crippen LogP contribution in [0, 0.1) is 0 Å². The molecule has 4 heteroatoms. The second-order valence-electron chi connectivity index (χ2n) is 5.19. The monoisotopic (exact) mass is 283 g/mol. The first kappa shape index (κ1) is 16.0. The summed E-state index contributed by atoms with van der Waals surface area (Å²) in [4.78, 5) is 0.371. The Labute approximate surface area is 117 Å². The van der Waals surface area contributed by atoms with Crippen LogP contribution in [0.15, 0.2) is 29.2 Å². The molecule has 0 aromatic heterocycles. The van der Waals surface area contributed by atoms with Crippen molar-refractivity contribution in [2.75, 3.05) is 11.6 Å². The molecule has 19 heavy (non-hydrogen) atoms. The van der Waals surface area contributed by atoms with Gasteiger partial charge >= 0.3 is 0 Å². The van der Waals surface area contributed by atoms with Crippen molar-refractivity contribution in [2.24, 2.45) is 0 Å². The zero-order chi connectivity index (χ0) is 14.3. The van der Waals surface area contributed by atoms with Crippen LogP contribution >= 0.6 is 0 Å². The lowest BCUT2D eigenvalue weighted by atomic mass is 10.1. The van der Waals surface area contributed by atoms with Crippen molar-refractivity contribution in [3.63, 3.8) is 0 Å². The summed E-state index contributed by atoms with van der Waals surface area (Å²) in [5.74, 6) is 0. The summed E-state index contributed by atoms with van der Waals surface area (Å²) in [5, 5.41) is 3.37. The molecule has 3 nitrogen and oxygen atoms in total. The summed E-state index contributed by atoms with van der Waals surface area (Å²) in [6.45, 7) is 4.34. The lowest BCUT2D eigenvalue weighted by molar-refractivity contribution is 0.593. The van der Waals surface area contributed by atoms with E-state index in [4.69, 9.17) is 0 Å². The van der Waals surface area contributed by atoms with E-state index in [0.717, 1.165) is 12.1 Å². The normalized spacial score (nSPS) is 13.2. The lowest BCUT2D eigenvalue weighted by Gasteiger charge is -2.15. The number of benzene rings is 1. The van der Waals surface area contributed by atoms with Gasteiger partial charge in [-0.05, 0) is 31.5 Å². The number of hydrogen-bond acceptors (Lipinski definition) is 3. The first-order valence-electron chi connectivity index (χ1n) is 7.00. The van der Waals surface area contributed by atoms with Gasteiger partial charge in [-0.25, -0.2) is 8.42 Å². The third-order valence-corrected chi connectivity index (χ3v) is 4.28. The van der Waals surface area contributed by atoms with Crippen molar-refractivity contribution in [3.05, 3.63) is 24.3 Å². The van der Waals surface area contributed by atoms with Gasteiger partial charge in [0, 0.05) is 18.0 Å². The Balaban J connectivity index is 2.53. The molecule has 0 fully saturated rings. The summed E-state index contributed by atoms with van der Waals surface area (Å²) in [6, 6.07) is 7.40. The SMILES string of the molecule is CCCCCCC(C)Nc1cccc(S(C)(=O)=O)c1. The van der Waals surface area contributed by atoms with E-state index < -0.39 is 9.84 Å². The molecule has 108 valence electrons. The third-order valence-electron chi connectivity index (χ3n) is 3.17. The van der Waals surface area contributed by atoms with E-state index in [-0.39, 0.29) is 0 Å². The predicted molar refractivity (Wildman–Crippen MR) is 81.4 cm³/mol. The molecule has 0 aliphatic heterocycles. The van der Waals surface area contributed by atoms with Gasteiger partial charge in [0.2, 0.25) is 0 Å². The minimum atomic E-state index is -3.13. The van der Waals surface area contributed by atoms with E-state index in [1.165, 1.54) is 31.9 Å². The topological polar surface area (TPSA) is 46.2 Å². The zero-order valence-corrected chi connectivity index (χ0v) is 13.0. The largest absolute Gasteiger partial charge is 0.383 e. The van der Waals surface area contributed by atoms with Gasteiger partial charge in [0.1, 0.15) is 0 Å². The molecular formula is C15H25NO2S. The highest BCUT2D eigenvalue weighted by molar-refractivity contribution is 7.90. The Morgan fingerprint density at radius 2 is 1.95 bits per heavy atom. The van der Waals surface area contributed by atoms with Gasteiger partial charge in [-0.2, -0.15) is 0 Å². The fourth-order valence-electron chi connectivity index (χ4n) is 2.05. The van der Waals surface area contributed by atoms with Crippen LogP contribution < -0.4 is 5.32 Å². The number of hydrogen-bond donors (Lipinski definition) is 1. The molecule has 0 spiro atoms. The average molecular weight is 283 g/mol. The molecule has 1 aromatic rings. The van der Waals surface area contributed by atoms with E-state index in [1.807, 2.05) is 6.07 Å². The fraction of sp³-hybridized carbons (Fsp3) is 0.600. The molecule has 1 N–H and O–H groups in total. The van der Waals surface area contributed by atoms with E-state index in [9.17, 15) is 8.42 Å². The summed E-state index contributed by atoms with van der Waals surface area (Å²) in [6.07, 6.45) is 7.37. The number of sulfone groups is 1. The van der Waals surface area contributed by atoms with Gasteiger partial charge < -0.3 is 5.32 Å². The molecule has 1 rings (SSSR count). The number of unbranched alkanes of at least 4 members (excludes halogenated alkanes) is 3. The van der Waals surface area contributed by atoms with Gasteiger partial charge in [-0.3, -0.25) is 0 Å². The Morgan fingerprint density at radius 3 is 2.58 bits per heavy atom. The van der Waals surface area contributed by atoms with Gasteiger partial charge in [0.25, 0.3) is 0 Å². The van der Waals surface area contributed by atoms with Crippen LogP contribution in [0.2, 0.25) is 0 Å². The molecule has 1 unspecified atom stereocenters. The number of anilines is 1. The second-order valence-corrected chi connectivity index (χ2v) is 7.21. The van der Waals surface area contributed by atoms with Crippen LogP contribution in [0.4, 0.5) is 5.69 Å². The summed E-state index contributed by atoms with van der Waals surface area (Å²) >= 11 is 0. The number of nitrogens with one attached hydrogen (secondary N) is 1. The maximum Gasteiger partial charge on any atom is 0.175 e. The highest BCUT2D eigenvalue weighted by Crippen LogP contribution is 2.17. The van der Waals surface area contributed by atoms with Crippen LogP contribution in [-0.2, 0) is 9.84 Å². The highest BCUT2D eigenvalue weighted by Gasteiger charge is 2.08. The van der Waals surface area contributed by atoms with E-state index in [2.05, 4.69) is 19.2 Å². The van der Waals surface area contributed by atoms with E-state index in [0.29, 0.717) is 10.9 Å². The Bertz CT molecular complexity index is 483. The fourth-order valence-corrected chi connectivity index (χ4v) is 2.72. The van der Waals surface area contributed by atoms with Crippen molar-refractivity contribution in [3.8, 4) is 0 Å². The Hall–Kier alpha value is -1.03. The van der Waals surface area contributed by atoms with Crippen molar-refractivity contribution >= 4 is 15.5 Å². The molecule has 0 saturated carbocycles. The Kier molecular flexibility index (Phi) is 6.35. The third kappa shape index (κ3) is 6.10. The van der Waals surface area contributed by atoms with Crippen molar-refractivity contribution in [1.82, 2.24) is 0 Å². The molecule has 1 aromatic carbocycles. The molecule has 0 aliphatic carbocycles. The molecule has 0 bridgehead atoms. The molecular weight excluding hydrogens is 258 g/mol. The molecule has 0 radical (unpaired) electrons. The molecule has 0 aliphatic rings. The molecule has 0 saturated heterocycles. The average Bonchev–Trinajstić information content (AvgIpc) is 2.34. The molecule has 1 atom stereocenters. The van der Waals surface area contributed by atoms with Crippen LogP contribution in [0.3, 0.4) is 0 Å². The zero-order valence-electron chi connectivity index (χ0n) is 12.1. The van der Waals surface area contributed by atoms with Crippen molar-refractivity contribution in [2.45, 2.75) is 56.9 Å². The lowest BCUT2D eigenvalue weighted by Crippen LogP contribution is -2.15. The van der Waals surface area contributed by atoms with Crippen LogP contribution in [0.5, 0.6) is 0 Å². The van der Waals surface area contributed by atoms with Gasteiger partial charge in [-0.15, -0.1) is 0 Å². The van der Waals surface area contributed by atoms with E-state index >= 15 is 0 Å². The standard InChI is InChI=1S/C15H25NO2S/c1-4-5-6-7-9-13(2)16-14-10-8-11-15(12-14)19(3,17)18/h8,10-13,16H,4-7,9H2,1-3H3. The summed E-state index contributed by atoms with van der Waals surface area (Å²) in [7, 11) is -3.13. The first-order valence-corrected chi connectivity index (χ1v) is 8.89. The van der Waals surface area contributed by atoms with Gasteiger partial charge in [0.05, 0.1) is 4.90 Å². The first-order chi connectivity index (χ1) is 8.93. The smallest absolute Gasteiger partial charge is 0.175 e. The van der Waals surface area contributed by atoms with Crippen molar-refractivity contribution in [1.29, 1.82) is 0 Å². The van der Waals surface area contributed by atoms with Gasteiger partial charge in [-0.1, -0.05) is 38.7 Å². The maximum absolute atomic E-state index is 11.5. The minimum absolute atomic E-state index is 0.367. The predicted octanol–water partition coefficient (Wildman–Crippen LogP) is 3.86. The van der Waals surface area contributed by atoms with Gasteiger partial charge in [0.15, 0.2) is 9.84 Å². The summed E-state index contributed by atoms with van der Waals surface area (Å²) < 4.78 is 23.0.